The average molecular weight is 593 g/mol. The van der Waals surface area contributed by atoms with Crippen LogP contribution in [0.5, 0.6) is 5.75 Å². The molecular weight excluding hydrogens is 557 g/mol. The second kappa shape index (κ2) is 11.0. The van der Waals surface area contributed by atoms with Gasteiger partial charge in [0.05, 0.1) is 18.1 Å². The molecule has 1 N–H and O–H groups in total. The zero-order chi connectivity index (χ0) is 29.5. The third kappa shape index (κ3) is 5.69. The number of carbonyl (C=O) groups excluding carboxylic acids is 2. The number of amides is 2. The quantitative estimate of drug-likeness (QED) is 0.520. The van der Waals surface area contributed by atoms with Crippen LogP contribution in [-0.2, 0) is 24.8 Å². The molecule has 41 heavy (non-hydrogen) atoms. The van der Waals surface area contributed by atoms with Crippen LogP contribution in [0.25, 0.3) is 0 Å². The molecule has 3 fully saturated rings. The Hall–Kier alpha value is -3.08. The van der Waals surface area contributed by atoms with E-state index in [-0.39, 0.29) is 54.3 Å². The van der Waals surface area contributed by atoms with Gasteiger partial charge in [-0.3, -0.25) is 9.59 Å². The molecule has 3 aliphatic heterocycles. The number of rotatable bonds is 7. The van der Waals surface area contributed by atoms with Crippen molar-refractivity contribution < 1.29 is 35.9 Å². The zero-order valence-electron chi connectivity index (χ0n) is 23.0. The molecule has 3 saturated heterocycles. The third-order valence-electron chi connectivity index (χ3n) is 9.20. The Balaban J connectivity index is 1.33. The summed E-state index contributed by atoms with van der Waals surface area (Å²) in [5, 5.41) is 2.94. The second-order valence-corrected chi connectivity index (χ2v) is 13.9. The molecular formula is C30H35F3N2O5S. The Morgan fingerprint density at radius 3 is 2.32 bits per heavy atom. The van der Waals surface area contributed by atoms with Gasteiger partial charge in [0.15, 0.2) is 15.3 Å². The number of nitrogens with one attached hydrogen (secondary N) is 1. The predicted octanol–water partition coefficient (Wildman–Crippen LogP) is 4.23. The van der Waals surface area contributed by atoms with Crippen molar-refractivity contribution in [1.29, 1.82) is 0 Å². The number of benzene rings is 2. The summed E-state index contributed by atoms with van der Waals surface area (Å²) in [6.07, 6.45) is -3.19. The first-order chi connectivity index (χ1) is 19.3. The van der Waals surface area contributed by atoms with Crippen molar-refractivity contribution in [2.24, 2.45) is 11.3 Å². The molecule has 0 saturated carbocycles. The average Bonchev–Trinajstić information content (AvgIpc) is 2.92. The Bertz CT molecular complexity index is 1380. The fraction of sp³-hybridized carbons (Fsp3) is 0.533. The molecule has 7 nitrogen and oxygen atoms in total. The molecule has 2 amide bonds. The van der Waals surface area contributed by atoms with Gasteiger partial charge in [0.25, 0.3) is 0 Å². The van der Waals surface area contributed by atoms with Gasteiger partial charge in [-0.15, -0.1) is 0 Å². The molecule has 0 radical (unpaired) electrons. The van der Waals surface area contributed by atoms with Crippen molar-refractivity contribution in [2.75, 3.05) is 37.7 Å². The number of hydrogen-bond donors (Lipinski definition) is 1. The van der Waals surface area contributed by atoms with Gasteiger partial charge in [-0.05, 0) is 54.7 Å². The summed E-state index contributed by atoms with van der Waals surface area (Å²) in [6, 6.07) is 14.8. The first kappa shape index (κ1) is 29.4. The molecule has 0 bridgehead atoms. The first-order valence-electron chi connectivity index (χ1n) is 14.0. The molecule has 0 aliphatic carbocycles. The van der Waals surface area contributed by atoms with Crippen LogP contribution in [0, 0.1) is 11.3 Å². The van der Waals surface area contributed by atoms with Crippen LogP contribution in [-0.4, -0.2) is 69.1 Å². The molecule has 0 aromatic heterocycles. The molecule has 2 aromatic carbocycles. The van der Waals surface area contributed by atoms with Crippen molar-refractivity contribution >= 4 is 21.7 Å². The molecule has 3 aliphatic rings. The van der Waals surface area contributed by atoms with Crippen molar-refractivity contribution in [3.05, 3.63) is 65.7 Å². The van der Waals surface area contributed by atoms with Crippen LogP contribution in [0.3, 0.4) is 0 Å². The number of ether oxygens (including phenoxy) is 1. The molecule has 3 heterocycles. The van der Waals surface area contributed by atoms with Gasteiger partial charge < -0.3 is 15.0 Å². The van der Waals surface area contributed by atoms with Gasteiger partial charge in [0, 0.05) is 32.0 Å². The number of sulfone groups is 1. The zero-order valence-corrected chi connectivity index (χ0v) is 23.8. The smallest absolute Gasteiger partial charge is 0.406 e. The highest BCUT2D eigenvalue weighted by Gasteiger charge is 2.60. The summed E-state index contributed by atoms with van der Waals surface area (Å²) in [5.41, 5.74) is -2.42. The van der Waals surface area contributed by atoms with E-state index in [1.165, 1.54) is 29.2 Å². The van der Waals surface area contributed by atoms with Crippen molar-refractivity contribution in [1.82, 2.24) is 10.2 Å². The van der Waals surface area contributed by atoms with Crippen LogP contribution in [0.1, 0.15) is 49.7 Å². The molecule has 5 rings (SSSR count). The minimum atomic E-state index is -4.78. The molecule has 222 valence electrons. The largest absolute Gasteiger partial charge is 0.493 e. The minimum absolute atomic E-state index is 0.0904. The topological polar surface area (TPSA) is 92.8 Å². The summed E-state index contributed by atoms with van der Waals surface area (Å²) >= 11 is 0. The number of para-hydroxylation sites is 1. The maximum atomic E-state index is 14.4. The summed E-state index contributed by atoms with van der Waals surface area (Å²) in [4.78, 5) is 27.4. The summed E-state index contributed by atoms with van der Waals surface area (Å²) in [6.45, 7) is 1.89. The second-order valence-electron chi connectivity index (χ2n) is 11.8. The predicted molar refractivity (Wildman–Crippen MR) is 147 cm³/mol. The summed E-state index contributed by atoms with van der Waals surface area (Å²) in [5.74, 6) is -0.138. The van der Waals surface area contributed by atoms with Crippen LogP contribution >= 0.6 is 0 Å². The lowest BCUT2D eigenvalue weighted by Crippen LogP contribution is -2.58. The molecule has 2 aromatic rings. The van der Waals surface area contributed by atoms with Crippen molar-refractivity contribution in [2.45, 2.75) is 50.1 Å². The van der Waals surface area contributed by atoms with E-state index in [1.807, 2.05) is 24.3 Å². The van der Waals surface area contributed by atoms with Crippen LogP contribution in [0.2, 0.25) is 0 Å². The van der Waals surface area contributed by atoms with E-state index in [1.54, 1.807) is 6.07 Å². The lowest BCUT2D eigenvalue weighted by atomic mass is 9.62. The van der Waals surface area contributed by atoms with E-state index >= 15 is 0 Å². The van der Waals surface area contributed by atoms with Gasteiger partial charge in [-0.2, -0.15) is 13.2 Å². The minimum Gasteiger partial charge on any atom is -0.493 e. The standard InChI is InChI=1S/C30H35F3N2O5S/c1-28(30(31,32)33,22-7-3-2-4-8-22)27(37)35-14-12-29(13-15-35)17-26(36)34-18-24(29)23-9-5-6-10-25(23)40-16-11-21-19-41(38,39)20-21/h2-10,21,24H,11-20H2,1H3,(H,34,36)/t24?,28-/m0/s1. The number of halogens is 3. The fourth-order valence-corrected chi connectivity index (χ4v) is 8.30. The lowest BCUT2D eigenvalue weighted by molar-refractivity contribution is -0.198. The summed E-state index contributed by atoms with van der Waals surface area (Å²) < 4.78 is 72.3. The van der Waals surface area contributed by atoms with E-state index in [0.717, 1.165) is 12.5 Å². The Kier molecular flexibility index (Phi) is 7.86. The molecule has 1 spiro atoms. The Morgan fingerprint density at radius 1 is 1.05 bits per heavy atom. The van der Waals surface area contributed by atoms with E-state index in [9.17, 15) is 31.2 Å². The van der Waals surface area contributed by atoms with Gasteiger partial charge in [-0.25, -0.2) is 8.42 Å². The molecule has 1 unspecified atom stereocenters. The van der Waals surface area contributed by atoms with Crippen molar-refractivity contribution in [3.63, 3.8) is 0 Å². The number of alkyl halides is 3. The maximum Gasteiger partial charge on any atom is 0.406 e. The van der Waals surface area contributed by atoms with Crippen LogP contribution < -0.4 is 10.1 Å². The lowest BCUT2D eigenvalue weighted by Gasteiger charge is -2.50. The van der Waals surface area contributed by atoms with Gasteiger partial charge in [-0.1, -0.05) is 48.5 Å². The van der Waals surface area contributed by atoms with Gasteiger partial charge >= 0.3 is 6.18 Å². The first-order valence-corrected chi connectivity index (χ1v) is 15.8. The van der Waals surface area contributed by atoms with Gasteiger partial charge in [0.2, 0.25) is 11.8 Å². The highest BCUT2D eigenvalue weighted by atomic mass is 32.2. The van der Waals surface area contributed by atoms with Gasteiger partial charge in [0.1, 0.15) is 5.75 Å². The van der Waals surface area contributed by atoms with Crippen LogP contribution in [0.15, 0.2) is 54.6 Å². The molecule has 11 heteroatoms. The SMILES string of the molecule is C[C@@](C(=O)N1CCC2(CC1)CC(=O)NCC2c1ccccc1OCCC1CS(=O)(=O)C1)(c1ccccc1)C(F)(F)F. The number of piperidine rings is 2. The monoisotopic (exact) mass is 592 g/mol. The maximum absolute atomic E-state index is 14.4. The van der Waals surface area contributed by atoms with E-state index < -0.39 is 32.8 Å². The Labute approximate surface area is 238 Å². The number of hydrogen-bond acceptors (Lipinski definition) is 5. The van der Waals surface area contributed by atoms with E-state index in [2.05, 4.69) is 5.32 Å². The number of nitrogens with zero attached hydrogens (tertiary/aromatic N) is 1. The highest BCUT2D eigenvalue weighted by molar-refractivity contribution is 7.92. The molecule has 2 atom stereocenters. The van der Waals surface area contributed by atoms with Crippen LogP contribution in [0.4, 0.5) is 13.2 Å². The normalized spacial score (nSPS) is 23.8. The summed E-state index contributed by atoms with van der Waals surface area (Å²) in [7, 11) is -2.91. The number of carbonyl (C=O) groups is 2. The fourth-order valence-electron chi connectivity index (χ4n) is 6.63. The van der Waals surface area contributed by atoms with E-state index in [4.69, 9.17) is 4.74 Å². The Morgan fingerprint density at radius 2 is 1.68 bits per heavy atom. The van der Waals surface area contributed by atoms with Crippen molar-refractivity contribution in [3.8, 4) is 5.75 Å². The highest BCUT2D eigenvalue weighted by Crippen LogP contribution is 2.51. The number of likely N-dealkylation sites (tertiary alicyclic amines) is 1. The van der Waals surface area contributed by atoms with E-state index in [0.29, 0.717) is 38.2 Å². The third-order valence-corrected chi connectivity index (χ3v) is 11.2.